The number of para-hydroxylation sites is 1. The van der Waals surface area contributed by atoms with Crippen molar-refractivity contribution in [2.24, 2.45) is 0 Å². The van der Waals surface area contributed by atoms with E-state index < -0.39 is 15.8 Å². The summed E-state index contributed by atoms with van der Waals surface area (Å²) in [4.78, 5) is 6.18. The molecule has 0 aliphatic rings. The number of H-pyrrole nitrogens is 1. The van der Waals surface area contributed by atoms with Crippen molar-refractivity contribution >= 4 is 15.7 Å². The van der Waals surface area contributed by atoms with Gasteiger partial charge in [-0.3, -0.25) is 4.31 Å². The van der Waals surface area contributed by atoms with E-state index in [2.05, 4.69) is 9.97 Å². The van der Waals surface area contributed by atoms with Crippen LogP contribution in [0.4, 0.5) is 10.1 Å². The Bertz CT molecular complexity index is 625. The first-order valence-corrected chi connectivity index (χ1v) is 6.77. The van der Waals surface area contributed by atoms with Crippen LogP contribution in [-0.2, 0) is 10.0 Å². The maximum absolute atomic E-state index is 13.7. The van der Waals surface area contributed by atoms with Gasteiger partial charge in [-0.15, -0.1) is 0 Å². The second kappa shape index (κ2) is 4.77. The molecular weight excluding hydrogens is 257 g/mol. The molecule has 0 fully saturated rings. The van der Waals surface area contributed by atoms with Gasteiger partial charge in [-0.1, -0.05) is 12.1 Å². The fourth-order valence-electron chi connectivity index (χ4n) is 1.63. The van der Waals surface area contributed by atoms with Crippen LogP contribution in [0.5, 0.6) is 0 Å². The number of benzene rings is 1. The zero-order valence-electron chi connectivity index (χ0n) is 9.67. The van der Waals surface area contributed by atoms with Crippen LogP contribution >= 0.6 is 0 Å². The van der Waals surface area contributed by atoms with Crippen LogP contribution in [0.3, 0.4) is 0 Å². The van der Waals surface area contributed by atoms with E-state index in [1.807, 2.05) is 0 Å². The number of aromatic nitrogens is 2. The summed E-state index contributed by atoms with van der Waals surface area (Å²) in [7, 11) is -3.81. The standard InChI is InChI=1S/C11H12FN3O2S/c1-2-15(10-6-4-3-5-9(10)12)18(16,17)11-7-13-8-14-11/h3-8H,2H2,1H3,(H,13,14). The number of imidazole rings is 1. The Balaban J connectivity index is 2.51. The summed E-state index contributed by atoms with van der Waals surface area (Å²) in [6.45, 7) is 1.77. The lowest BCUT2D eigenvalue weighted by molar-refractivity contribution is 0.583. The lowest BCUT2D eigenvalue weighted by Gasteiger charge is -2.22. The Morgan fingerprint density at radius 1 is 1.39 bits per heavy atom. The van der Waals surface area contributed by atoms with Gasteiger partial charge < -0.3 is 4.98 Å². The summed E-state index contributed by atoms with van der Waals surface area (Å²) in [5.41, 5.74) is 0.0228. The number of anilines is 1. The number of hydrogen-bond donors (Lipinski definition) is 1. The van der Waals surface area contributed by atoms with Gasteiger partial charge in [-0.05, 0) is 19.1 Å². The number of nitrogens with zero attached hydrogens (tertiary/aromatic N) is 2. The van der Waals surface area contributed by atoms with Gasteiger partial charge in [0, 0.05) is 6.54 Å². The third kappa shape index (κ3) is 2.08. The lowest BCUT2D eigenvalue weighted by Crippen LogP contribution is -2.31. The summed E-state index contributed by atoms with van der Waals surface area (Å²) in [5, 5.41) is -0.0624. The topological polar surface area (TPSA) is 66.1 Å². The Kier molecular flexibility index (Phi) is 3.33. The minimum atomic E-state index is -3.81. The monoisotopic (exact) mass is 269 g/mol. The molecule has 0 bridgehead atoms. The maximum Gasteiger partial charge on any atom is 0.281 e. The molecule has 0 saturated carbocycles. The van der Waals surface area contributed by atoms with E-state index in [1.165, 1.54) is 30.7 Å². The highest BCUT2D eigenvalue weighted by molar-refractivity contribution is 7.92. The van der Waals surface area contributed by atoms with Crippen molar-refractivity contribution in [2.45, 2.75) is 11.9 Å². The van der Waals surface area contributed by atoms with Crippen molar-refractivity contribution in [3.8, 4) is 0 Å². The van der Waals surface area contributed by atoms with Crippen LogP contribution < -0.4 is 4.31 Å². The molecule has 0 unspecified atom stereocenters. The molecule has 2 aromatic rings. The zero-order chi connectivity index (χ0) is 13.2. The minimum absolute atomic E-state index is 0.0228. The summed E-state index contributed by atoms with van der Waals surface area (Å²) < 4.78 is 39.2. The molecule has 0 aliphatic carbocycles. The molecule has 18 heavy (non-hydrogen) atoms. The van der Waals surface area contributed by atoms with Crippen LogP contribution in [0.2, 0.25) is 0 Å². The van der Waals surface area contributed by atoms with Gasteiger partial charge in [-0.25, -0.2) is 9.37 Å². The predicted molar refractivity (Wildman–Crippen MR) is 65.2 cm³/mol. The summed E-state index contributed by atoms with van der Waals surface area (Å²) in [6.07, 6.45) is 2.46. The Labute approximate surface area is 104 Å². The highest BCUT2D eigenvalue weighted by Gasteiger charge is 2.26. The second-order valence-corrected chi connectivity index (χ2v) is 5.37. The molecule has 1 heterocycles. The number of sulfonamides is 1. The van der Waals surface area contributed by atoms with Crippen LogP contribution in [0, 0.1) is 5.82 Å². The van der Waals surface area contributed by atoms with Crippen molar-refractivity contribution in [1.29, 1.82) is 0 Å². The summed E-state index contributed by atoms with van der Waals surface area (Å²) in [6, 6.07) is 5.74. The molecule has 1 N–H and O–H groups in total. The van der Waals surface area contributed by atoms with E-state index >= 15 is 0 Å². The van der Waals surface area contributed by atoms with E-state index in [0.717, 1.165) is 4.31 Å². The quantitative estimate of drug-likeness (QED) is 0.919. The molecule has 5 nitrogen and oxygen atoms in total. The van der Waals surface area contributed by atoms with Crippen LogP contribution in [0.25, 0.3) is 0 Å². The van der Waals surface area contributed by atoms with E-state index in [9.17, 15) is 12.8 Å². The van der Waals surface area contributed by atoms with Crippen LogP contribution in [0.1, 0.15) is 6.92 Å². The fourth-order valence-corrected chi connectivity index (χ4v) is 3.01. The predicted octanol–water partition coefficient (Wildman–Crippen LogP) is 1.76. The number of aromatic amines is 1. The molecular formula is C11H12FN3O2S. The molecule has 0 amide bonds. The molecule has 0 radical (unpaired) electrons. The van der Waals surface area contributed by atoms with Crippen LogP contribution in [0.15, 0.2) is 41.8 Å². The highest BCUT2D eigenvalue weighted by Crippen LogP contribution is 2.24. The van der Waals surface area contributed by atoms with Crippen molar-refractivity contribution in [1.82, 2.24) is 9.97 Å². The van der Waals surface area contributed by atoms with Crippen molar-refractivity contribution in [2.75, 3.05) is 10.8 Å². The van der Waals surface area contributed by atoms with Gasteiger partial charge in [0.15, 0.2) is 5.03 Å². The van der Waals surface area contributed by atoms with Gasteiger partial charge in [0.25, 0.3) is 10.0 Å². The lowest BCUT2D eigenvalue weighted by atomic mass is 10.3. The second-order valence-electron chi connectivity index (χ2n) is 3.54. The molecule has 2 rings (SSSR count). The Morgan fingerprint density at radius 3 is 2.67 bits per heavy atom. The van der Waals surface area contributed by atoms with Crippen molar-refractivity contribution in [3.63, 3.8) is 0 Å². The molecule has 0 saturated heterocycles. The van der Waals surface area contributed by atoms with E-state index in [0.29, 0.717) is 0 Å². The van der Waals surface area contributed by atoms with Gasteiger partial charge in [-0.2, -0.15) is 8.42 Å². The third-order valence-electron chi connectivity index (χ3n) is 2.45. The van der Waals surface area contributed by atoms with Gasteiger partial charge >= 0.3 is 0 Å². The molecule has 0 aliphatic heterocycles. The maximum atomic E-state index is 13.7. The van der Waals surface area contributed by atoms with E-state index in [4.69, 9.17) is 0 Å². The molecule has 96 valence electrons. The zero-order valence-corrected chi connectivity index (χ0v) is 10.5. The number of nitrogens with one attached hydrogen (secondary N) is 1. The van der Waals surface area contributed by atoms with Crippen LogP contribution in [-0.4, -0.2) is 24.9 Å². The Morgan fingerprint density at radius 2 is 2.11 bits per heavy atom. The normalized spacial score (nSPS) is 11.4. The number of rotatable bonds is 4. The SMILES string of the molecule is CCN(c1ccccc1F)S(=O)(=O)c1cnc[nH]1. The van der Waals surface area contributed by atoms with Gasteiger partial charge in [0.1, 0.15) is 5.82 Å². The number of halogens is 1. The fraction of sp³-hybridized carbons (Fsp3) is 0.182. The average Bonchev–Trinajstić information content (AvgIpc) is 2.86. The number of hydrogen-bond acceptors (Lipinski definition) is 3. The smallest absolute Gasteiger partial charge is 0.281 e. The molecule has 7 heteroatoms. The average molecular weight is 269 g/mol. The van der Waals surface area contributed by atoms with Gasteiger partial charge in [0.05, 0.1) is 18.2 Å². The minimum Gasteiger partial charge on any atom is -0.334 e. The van der Waals surface area contributed by atoms with Crippen molar-refractivity contribution in [3.05, 3.63) is 42.6 Å². The van der Waals surface area contributed by atoms with Crippen molar-refractivity contribution < 1.29 is 12.8 Å². The molecule has 1 aromatic heterocycles. The first kappa shape index (κ1) is 12.6. The summed E-state index contributed by atoms with van der Waals surface area (Å²) >= 11 is 0. The van der Waals surface area contributed by atoms with Gasteiger partial charge in [0.2, 0.25) is 0 Å². The molecule has 0 spiro atoms. The highest BCUT2D eigenvalue weighted by atomic mass is 32.2. The molecule has 1 aromatic carbocycles. The van der Waals surface area contributed by atoms with E-state index in [-0.39, 0.29) is 17.3 Å². The first-order chi connectivity index (χ1) is 8.57. The summed E-state index contributed by atoms with van der Waals surface area (Å²) in [5.74, 6) is -0.581. The third-order valence-corrected chi connectivity index (χ3v) is 4.26. The van der Waals surface area contributed by atoms with E-state index in [1.54, 1.807) is 13.0 Å². The molecule has 0 atom stereocenters. The largest absolute Gasteiger partial charge is 0.334 e. The Hall–Kier alpha value is -1.89. The first-order valence-electron chi connectivity index (χ1n) is 5.33.